The smallest absolute Gasteiger partial charge is 0.266 e. The van der Waals surface area contributed by atoms with Crippen LogP contribution in [-0.4, -0.2) is 4.98 Å². The van der Waals surface area contributed by atoms with E-state index in [1.54, 1.807) is 0 Å². The molecule has 0 aliphatic rings. The lowest BCUT2D eigenvalue weighted by molar-refractivity contribution is 0.575. The second kappa shape index (κ2) is 2.57. The fourth-order valence-electron chi connectivity index (χ4n) is 0.946. The SMILES string of the molecule is Fc1cc2oc(=S)[nH]c2cc1Cl. The van der Waals surface area contributed by atoms with Crippen molar-refractivity contribution in [1.29, 1.82) is 0 Å². The van der Waals surface area contributed by atoms with E-state index in [0.717, 1.165) is 0 Å². The molecule has 0 unspecified atom stereocenters. The van der Waals surface area contributed by atoms with Crippen molar-refractivity contribution in [3.8, 4) is 0 Å². The summed E-state index contributed by atoms with van der Waals surface area (Å²) in [7, 11) is 0. The third kappa shape index (κ3) is 1.13. The van der Waals surface area contributed by atoms with Crippen LogP contribution in [0.25, 0.3) is 11.1 Å². The van der Waals surface area contributed by atoms with E-state index in [1.807, 2.05) is 0 Å². The van der Waals surface area contributed by atoms with E-state index in [-0.39, 0.29) is 9.86 Å². The first kappa shape index (κ1) is 7.76. The summed E-state index contributed by atoms with van der Waals surface area (Å²) in [5.41, 5.74) is 0.980. The normalized spacial score (nSPS) is 10.8. The Hall–Kier alpha value is -0.870. The van der Waals surface area contributed by atoms with Crippen LogP contribution in [-0.2, 0) is 0 Å². The van der Waals surface area contributed by atoms with E-state index in [2.05, 4.69) is 4.98 Å². The third-order valence-electron chi connectivity index (χ3n) is 1.46. The lowest BCUT2D eigenvalue weighted by Crippen LogP contribution is -1.75. The minimum atomic E-state index is -0.512. The van der Waals surface area contributed by atoms with Gasteiger partial charge in [0.25, 0.3) is 4.84 Å². The number of benzene rings is 1. The molecular weight excluding hydrogens is 201 g/mol. The van der Waals surface area contributed by atoms with Crippen LogP contribution in [0.1, 0.15) is 0 Å². The highest BCUT2D eigenvalue weighted by atomic mass is 35.5. The van der Waals surface area contributed by atoms with E-state index in [9.17, 15) is 4.39 Å². The van der Waals surface area contributed by atoms with Crippen molar-refractivity contribution in [3.05, 3.63) is 27.8 Å². The average molecular weight is 204 g/mol. The summed E-state index contributed by atoms with van der Waals surface area (Å²) in [5, 5.41) is 0.0505. The molecule has 0 aliphatic carbocycles. The van der Waals surface area contributed by atoms with Gasteiger partial charge in [0.2, 0.25) is 0 Å². The van der Waals surface area contributed by atoms with Gasteiger partial charge in [-0.05, 0) is 18.3 Å². The summed E-state index contributed by atoms with van der Waals surface area (Å²) >= 11 is 10.2. The summed E-state index contributed by atoms with van der Waals surface area (Å²) < 4.78 is 17.8. The molecule has 2 rings (SSSR count). The predicted octanol–water partition coefficient (Wildman–Crippen LogP) is 3.28. The van der Waals surface area contributed by atoms with Gasteiger partial charge in [-0.2, -0.15) is 0 Å². The fourth-order valence-corrected chi connectivity index (χ4v) is 1.31. The first-order valence-electron chi connectivity index (χ1n) is 3.15. The molecule has 2 aromatic rings. The number of rotatable bonds is 0. The molecule has 12 heavy (non-hydrogen) atoms. The van der Waals surface area contributed by atoms with Crippen molar-refractivity contribution in [2.24, 2.45) is 0 Å². The van der Waals surface area contributed by atoms with E-state index < -0.39 is 5.82 Å². The van der Waals surface area contributed by atoms with E-state index in [4.69, 9.17) is 28.2 Å². The van der Waals surface area contributed by atoms with Crippen molar-refractivity contribution in [1.82, 2.24) is 4.98 Å². The number of aromatic amines is 1. The minimum absolute atomic E-state index is 0.0505. The molecule has 5 heteroatoms. The molecule has 0 aliphatic heterocycles. The highest BCUT2D eigenvalue weighted by molar-refractivity contribution is 7.71. The standard InChI is InChI=1S/C7H3ClFNOS/c8-3-1-5-6(2-4(3)9)11-7(12)10-5/h1-2H,(H,10,12). The Bertz CT molecular complexity index is 448. The van der Waals surface area contributed by atoms with Gasteiger partial charge < -0.3 is 9.40 Å². The number of fused-ring (bicyclic) bond motifs is 1. The molecule has 0 saturated heterocycles. The zero-order valence-corrected chi connectivity index (χ0v) is 7.30. The molecule has 2 nitrogen and oxygen atoms in total. The van der Waals surface area contributed by atoms with Gasteiger partial charge in [0.05, 0.1) is 10.5 Å². The number of hydrogen-bond acceptors (Lipinski definition) is 2. The summed E-state index contributed by atoms with van der Waals surface area (Å²) in [6, 6.07) is 2.63. The maximum absolute atomic E-state index is 12.8. The van der Waals surface area contributed by atoms with Crippen LogP contribution < -0.4 is 0 Å². The lowest BCUT2D eigenvalue weighted by atomic mass is 10.3. The Morgan fingerprint density at radius 2 is 2.25 bits per heavy atom. The molecule has 0 fully saturated rings. The first-order chi connectivity index (χ1) is 5.66. The van der Waals surface area contributed by atoms with Crippen LogP contribution in [0.5, 0.6) is 0 Å². The zero-order chi connectivity index (χ0) is 8.72. The number of halogens is 2. The van der Waals surface area contributed by atoms with Crippen LogP contribution in [0.15, 0.2) is 16.5 Å². The van der Waals surface area contributed by atoms with E-state index >= 15 is 0 Å². The quantitative estimate of drug-likeness (QED) is 0.666. The number of aromatic nitrogens is 1. The van der Waals surface area contributed by atoms with Gasteiger partial charge in [-0.25, -0.2) is 4.39 Å². The largest absolute Gasteiger partial charge is 0.429 e. The topological polar surface area (TPSA) is 28.9 Å². The second-order valence-electron chi connectivity index (χ2n) is 2.28. The van der Waals surface area contributed by atoms with E-state index in [1.165, 1.54) is 12.1 Å². The summed E-state index contributed by atoms with van der Waals surface area (Å²) in [4.78, 5) is 2.94. The number of H-pyrrole nitrogens is 1. The highest BCUT2D eigenvalue weighted by Gasteiger charge is 2.04. The van der Waals surface area contributed by atoms with Crippen molar-refractivity contribution < 1.29 is 8.81 Å². The fraction of sp³-hybridized carbons (Fsp3) is 0. The molecule has 1 N–H and O–H groups in total. The monoisotopic (exact) mass is 203 g/mol. The zero-order valence-electron chi connectivity index (χ0n) is 5.73. The van der Waals surface area contributed by atoms with Gasteiger partial charge in [-0.1, -0.05) is 11.6 Å². The molecule has 0 spiro atoms. The Kier molecular flexibility index (Phi) is 1.66. The minimum Gasteiger partial charge on any atom is -0.429 e. The Labute approximate surface area is 77.0 Å². The van der Waals surface area contributed by atoms with Crippen LogP contribution >= 0.6 is 23.8 Å². The third-order valence-corrected chi connectivity index (χ3v) is 1.94. The molecule has 1 aromatic carbocycles. The number of oxazole rings is 1. The molecule has 1 aromatic heterocycles. The van der Waals surface area contributed by atoms with Gasteiger partial charge in [-0.15, -0.1) is 0 Å². The summed E-state index contributed by atoms with van der Waals surface area (Å²) in [6.07, 6.45) is 0. The highest BCUT2D eigenvalue weighted by Crippen LogP contribution is 2.21. The lowest BCUT2D eigenvalue weighted by Gasteiger charge is -1.91. The van der Waals surface area contributed by atoms with E-state index in [0.29, 0.717) is 11.1 Å². The number of hydrogen-bond donors (Lipinski definition) is 1. The molecule has 0 bridgehead atoms. The van der Waals surface area contributed by atoms with Gasteiger partial charge in [0.1, 0.15) is 5.82 Å². The molecule has 62 valence electrons. The Morgan fingerprint density at radius 1 is 1.50 bits per heavy atom. The maximum Gasteiger partial charge on any atom is 0.266 e. The predicted molar refractivity (Wildman–Crippen MR) is 46.4 cm³/mol. The molecule has 0 amide bonds. The molecule has 0 atom stereocenters. The van der Waals surface area contributed by atoms with Gasteiger partial charge in [0, 0.05) is 6.07 Å². The summed E-state index contributed by atoms with van der Waals surface area (Å²) in [6.45, 7) is 0. The maximum atomic E-state index is 12.8. The van der Waals surface area contributed by atoms with Crippen LogP contribution in [0.2, 0.25) is 5.02 Å². The molecule has 1 heterocycles. The van der Waals surface area contributed by atoms with Crippen molar-refractivity contribution in [2.75, 3.05) is 0 Å². The van der Waals surface area contributed by atoms with Crippen molar-refractivity contribution in [3.63, 3.8) is 0 Å². The van der Waals surface area contributed by atoms with Gasteiger partial charge >= 0.3 is 0 Å². The van der Waals surface area contributed by atoms with Gasteiger partial charge in [0.15, 0.2) is 5.58 Å². The average Bonchev–Trinajstić information content (AvgIpc) is 2.30. The second-order valence-corrected chi connectivity index (χ2v) is 3.05. The molecule has 0 saturated carbocycles. The molecule has 0 radical (unpaired) electrons. The molecular formula is C7H3ClFNOS. The van der Waals surface area contributed by atoms with Crippen molar-refractivity contribution in [2.45, 2.75) is 0 Å². The Morgan fingerprint density at radius 3 is 3.00 bits per heavy atom. The number of nitrogens with one attached hydrogen (secondary N) is 1. The van der Waals surface area contributed by atoms with Gasteiger partial charge in [-0.3, -0.25) is 0 Å². The Balaban J connectivity index is 2.92. The van der Waals surface area contributed by atoms with Crippen molar-refractivity contribution >= 4 is 34.9 Å². The summed E-state index contributed by atoms with van der Waals surface area (Å²) in [5.74, 6) is -0.512. The van der Waals surface area contributed by atoms with Crippen LogP contribution in [0, 0.1) is 10.7 Å². The van der Waals surface area contributed by atoms with Crippen LogP contribution in [0.3, 0.4) is 0 Å². The van der Waals surface area contributed by atoms with Crippen LogP contribution in [0.4, 0.5) is 4.39 Å². The first-order valence-corrected chi connectivity index (χ1v) is 3.93.